The molecule has 0 saturated heterocycles. The van der Waals surface area contributed by atoms with Gasteiger partial charge in [-0.15, -0.1) is 0 Å². The van der Waals surface area contributed by atoms with Gasteiger partial charge in [0.1, 0.15) is 5.69 Å². The van der Waals surface area contributed by atoms with Crippen molar-refractivity contribution in [3.05, 3.63) is 57.3 Å². The molecule has 2 aromatic rings. The second kappa shape index (κ2) is 7.45. The molecule has 1 aromatic carbocycles. The molecule has 0 bridgehead atoms. The van der Waals surface area contributed by atoms with E-state index in [0.717, 1.165) is 0 Å². The van der Waals surface area contributed by atoms with E-state index in [4.69, 9.17) is 39.5 Å². The standard InChI is InChI=1S/C14H9Cl3N2O3/c15-8-1-2-10(17)11(5-8)19-13(20)7-22-14(21)12-6-9(16)3-4-18-12/h1-6H,7H2,(H,19,20). The highest BCUT2D eigenvalue weighted by Crippen LogP contribution is 2.25. The zero-order chi connectivity index (χ0) is 16.1. The van der Waals surface area contributed by atoms with Crippen LogP contribution in [0.4, 0.5) is 5.69 Å². The Morgan fingerprint density at radius 2 is 1.82 bits per heavy atom. The van der Waals surface area contributed by atoms with Crippen LogP contribution in [-0.4, -0.2) is 23.5 Å². The maximum Gasteiger partial charge on any atom is 0.357 e. The van der Waals surface area contributed by atoms with Crippen LogP contribution in [0.5, 0.6) is 0 Å². The van der Waals surface area contributed by atoms with Crippen molar-refractivity contribution >= 4 is 52.4 Å². The molecule has 0 fully saturated rings. The van der Waals surface area contributed by atoms with E-state index in [1.54, 1.807) is 12.1 Å². The fraction of sp³-hybridized carbons (Fsp3) is 0.0714. The highest BCUT2D eigenvalue weighted by atomic mass is 35.5. The summed E-state index contributed by atoms with van der Waals surface area (Å²) in [7, 11) is 0. The van der Waals surface area contributed by atoms with Crippen LogP contribution in [0.3, 0.4) is 0 Å². The lowest BCUT2D eigenvalue weighted by Crippen LogP contribution is -2.21. The van der Waals surface area contributed by atoms with Gasteiger partial charge in [-0.3, -0.25) is 4.79 Å². The van der Waals surface area contributed by atoms with Crippen molar-refractivity contribution in [2.75, 3.05) is 11.9 Å². The second-order valence-corrected chi connectivity index (χ2v) is 5.39. The molecule has 8 heteroatoms. The van der Waals surface area contributed by atoms with Gasteiger partial charge in [0, 0.05) is 16.2 Å². The van der Waals surface area contributed by atoms with Crippen LogP contribution in [0.15, 0.2) is 36.5 Å². The van der Waals surface area contributed by atoms with Crippen molar-refractivity contribution in [1.82, 2.24) is 4.98 Å². The number of ether oxygens (including phenoxy) is 1. The van der Waals surface area contributed by atoms with Crippen molar-refractivity contribution in [1.29, 1.82) is 0 Å². The molecule has 0 aliphatic heterocycles. The van der Waals surface area contributed by atoms with Crippen LogP contribution < -0.4 is 5.32 Å². The summed E-state index contributed by atoms with van der Waals surface area (Å²) in [6.07, 6.45) is 1.37. The molecule has 1 heterocycles. The number of halogens is 3. The summed E-state index contributed by atoms with van der Waals surface area (Å²) in [5, 5.41) is 3.57. The molecule has 0 aliphatic carbocycles. The Kier molecular flexibility index (Phi) is 5.60. The molecule has 1 N–H and O–H groups in total. The van der Waals surface area contributed by atoms with Crippen molar-refractivity contribution in [2.24, 2.45) is 0 Å². The Morgan fingerprint density at radius 1 is 1.09 bits per heavy atom. The van der Waals surface area contributed by atoms with Crippen LogP contribution in [0.1, 0.15) is 10.5 Å². The fourth-order valence-electron chi connectivity index (χ4n) is 1.50. The number of amides is 1. The van der Waals surface area contributed by atoms with E-state index in [2.05, 4.69) is 10.3 Å². The van der Waals surface area contributed by atoms with Crippen LogP contribution in [0.2, 0.25) is 15.1 Å². The third kappa shape index (κ3) is 4.59. The molecule has 1 amide bonds. The second-order valence-electron chi connectivity index (χ2n) is 4.11. The molecule has 0 saturated carbocycles. The lowest BCUT2D eigenvalue weighted by molar-refractivity contribution is -0.119. The van der Waals surface area contributed by atoms with Gasteiger partial charge in [-0.25, -0.2) is 9.78 Å². The number of hydrogen-bond donors (Lipinski definition) is 1. The maximum absolute atomic E-state index is 11.7. The van der Waals surface area contributed by atoms with E-state index >= 15 is 0 Å². The number of benzene rings is 1. The predicted octanol–water partition coefficient (Wildman–Crippen LogP) is 3.84. The average Bonchev–Trinajstić information content (AvgIpc) is 2.48. The molecule has 1 aromatic heterocycles. The lowest BCUT2D eigenvalue weighted by atomic mass is 10.3. The Bertz CT molecular complexity index is 722. The molecule has 5 nitrogen and oxygen atoms in total. The quantitative estimate of drug-likeness (QED) is 0.842. The minimum Gasteiger partial charge on any atom is -0.451 e. The van der Waals surface area contributed by atoms with E-state index in [1.807, 2.05) is 0 Å². The van der Waals surface area contributed by atoms with Gasteiger partial charge in [0.2, 0.25) is 0 Å². The van der Waals surface area contributed by atoms with E-state index in [1.165, 1.54) is 24.4 Å². The Morgan fingerprint density at radius 3 is 2.55 bits per heavy atom. The summed E-state index contributed by atoms with van der Waals surface area (Å²) in [6.45, 7) is -0.490. The fourth-order valence-corrected chi connectivity index (χ4v) is 2.00. The summed E-state index contributed by atoms with van der Waals surface area (Å²) in [6, 6.07) is 7.48. The van der Waals surface area contributed by atoms with E-state index in [9.17, 15) is 9.59 Å². The Hall–Kier alpha value is -1.82. The monoisotopic (exact) mass is 358 g/mol. The largest absolute Gasteiger partial charge is 0.451 e. The smallest absolute Gasteiger partial charge is 0.357 e. The van der Waals surface area contributed by atoms with Gasteiger partial charge in [-0.1, -0.05) is 34.8 Å². The van der Waals surface area contributed by atoms with Gasteiger partial charge in [0.25, 0.3) is 5.91 Å². The third-order valence-electron chi connectivity index (χ3n) is 2.47. The Labute approximate surface area is 141 Å². The minimum absolute atomic E-state index is 0.0149. The first-order chi connectivity index (χ1) is 10.5. The molecule has 2 rings (SSSR count). The average molecular weight is 360 g/mol. The zero-order valence-corrected chi connectivity index (χ0v) is 13.2. The molecular formula is C14H9Cl3N2O3. The first-order valence-electron chi connectivity index (χ1n) is 5.99. The molecule has 0 atom stereocenters. The van der Waals surface area contributed by atoms with Gasteiger partial charge in [0.05, 0.1) is 10.7 Å². The minimum atomic E-state index is -0.755. The summed E-state index contributed by atoms with van der Waals surface area (Å²) < 4.78 is 4.84. The SMILES string of the molecule is O=C(COC(=O)c1cc(Cl)ccn1)Nc1cc(Cl)ccc1Cl. The van der Waals surface area contributed by atoms with Crippen LogP contribution in [-0.2, 0) is 9.53 Å². The number of hydrogen-bond acceptors (Lipinski definition) is 4. The number of rotatable bonds is 4. The summed E-state index contributed by atoms with van der Waals surface area (Å²) in [4.78, 5) is 27.2. The van der Waals surface area contributed by atoms with Gasteiger partial charge in [0.15, 0.2) is 6.61 Å². The van der Waals surface area contributed by atoms with Crippen LogP contribution in [0, 0.1) is 0 Å². The highest BCUT2D eigenvalue weighted by Gasteiger charge is 2.13. The van der Waals surface area contributed by atoms with Crippen LogP contribution in [0.25, 0.3) is 0 Å². The summed E-state index contributed by atoms with van der Waals surface area (Å²) in [5.74, 6) is -1.31. The molecule has 114 valence electrons. The topological polar surface area (TPSA) is 68.3 Å². The van der Waals surface area contributed by atoms with E-state index < -0.39 is 18.5 Å². The normalized spacial score (nSPS) is 10.1. The van der Waals surface area contributed by atoms with Crippen molar-refractivity contribution in [2.45, 2.75) is 0 Å². The number of aromatic nitrogens is 1. The first-order valence-corrected chi connectivity index (χ1v) is 7.12. The summed E-state index contributed by atoms with van der Waals surface area (Å²) >= 11 is 17.5. The molecular weight excluding hydrogens is 351 g/mol. The molecule has 0 spiro atoms. The number of esters is 1. The number of pyridine rings is 1. The van der Waals surface area contributed by atoms with Crippen molar-refractivity contribution in [3.8, 4) is 0 Å². The lowest BCUT2D eigenvalue weighted by Gasteiger charge is -2.08. The Balaban J connectivity index is 1.93. The third-order valence-corrected chi connectivity index (χ3v) is 3.27. The van der Waals surface area contributed by atoms with Crippen molar-refractivity contribution < 1.29 is 14.3 Å². The van der Waals surface area contributed by atoms with Gasteiger partial charge >= 0.3 is 5.97 Å². The van der Waals surface area contributed by atoms with Gasteiger partial charge in [-0.2, -0.15) is 0 Å². The highest BCUT2D eigenvalue weighted by molar-refractivity contribution is 6.35. The first kappa shape index (κ1) is 16.5. The predicted molar refractivity (Wildman–Crippen MR) is 84.6 cm³/mol. The number of carbonyl (C=O) groups is 2. The number of nitrogens with zero attached hydrogens (tertiary/aromatic N) is 1. The molecule has 0 aliphatic rings. The number of carbonyl (C=O) groups excluding carboxylic acids is 2. The van der Waals surface area contributed by atoms with Crippen molar-refractivity contribution in [3.63, 3.8) is 0 Å². The van der Waals surface area contributed by atoms with E-state index in [0.29, 0.717) is 20.8 Å². The summed E-state index contributed by atoms with van der Waals surface area (Å²) in [5.41, 5.74) is 0.345. The number of anilines is 1. The number of nitrogens with one attached hydrogen (secondary N) is 1. The molecule has 22 heavy (non-hydrogen) atoms. The molecule has 0 radical (unpaired) electrons. The van der Waals surface area contributed by atoms with Crippen LogP contribution >= 0.6 is 34.8 Å². The van der Waals surface area contributed by atoms with Gasteiger partial charge in [-0.05, 0) is 30.3 Å². The van der Waals surface area contributed by atoms with Gasteiger partial charge < -0.3 is 10.1 Å². The molecule has 0 unspecified atom stereocenters. The van der Waals surface area contributed by atoms with E-state index in [-0.39, 0.29) is 5.69 Å². The maximum atomic E-state index is 11.7. The zero-order valence-electron chi connectivity index (χ0n) is 11.0.